The first-order valence-corrected chi connectivity index (χ1v) is 6.55. The zero-order valence-corrected chi connectivity index (χ0v) is 11.2. The Morgan fingerprint density at radius 2 is 1.94 bits per heavy atom. The van der Waals surface area contributed by atoms with Crippen molar-refractivity contribution in [1.82, 2.24) is 4.98 Å². The maximum absolute atomic E-state index is 4.64. The number of allylic oxidation sites excluding steroid dienone is 2. The zero-order valence-electron chi connectivity index (χ0n) is 10.4. The maximum atomic E-state index is 4.64. The van der Waals surface area contributed by atoms with E-state index in [4.69, 9.17) is 0 Å². The predicted molar refractivity (Wildman–Crippen MR) is 80.9 cm³/mol. The van der Waals surface area contributed by atoms with E-state index < -0.39 is 0 Å². The fraction of sp³-hybridized carbons (Fsp3) is 0.0625. The molecule has 0 N–H and O–H groups in total. The molecule has 0 bridgehead atoms. The Hall–Kier alpha value is -1.93. The molecule has 0 amide bonds. The largest absolute Gasteiger partial charge is 0.236 e. The summed E-state index contributed by atoms with van der Waals surface area (Å²) in [5, 5.41) is 1.98. The molecule has 0 atom stereocenters. The second-order valence-corrected chi connectivity index (χ2v) is 4.97. The van der Waals surface area contributed by atoms with Crippen molar-refractivity contribution >= 4 is 23.5 Å². The van der Waals surface area contributed by atoms with Gasteiger partial charge in [0.25, 0.3) is 0 Å². The molecule has 0 aliphatic heterocycles. The van der Waals surface area contributed by atoms with Crippen LogP contribution in [0.15, 0.2) is 49.6 Å². The van der Waals surface area contributed by atoms with Crippen LogP contribution in [0.1, 0.15) is 5.56 Å². The molecule has 0 saturated carbocycles. The van der Waals surface area contributed by atoms with Gasteiger partial charge in [0.05, 0.1) is 9.88 Å². The molecule has 0 unspecified atom stereocenters. The van der Waals surface area contributed by atoms with Gasteiger partial charge in [-0.2, -0.15) is 0 Å². The Labute approximate surface area is 111 Å². The third kappa shape index (κ3) is 2.66. The van der Waals surface area contributed by atoms with Gasteiger partial charge in [-0.05, 0) is 25.1 Å². The van der Waals surface area contributed by atoms with Crippen LogP contribution in [0, 0.1) is 6.92 Å². The topological polar surface area (TPSA) is 12.9 Å². The molecule has 18 heavy (non-hydrogen) atoms. The molecule has 2 aromatic rings. The lowest BCUT2D eigenvalue weighted by atomic mass is 10.1. The van der Waals surface area contributed by atoms with Gasteiger partial charge in [0.1, 0.15) is 5.01 Å². The fourth-order valence-corrected chi connectivity index (χ4v) is 2.68. The molecule has 1 nitrogen and oxygen atoms in total. The van der Waals surface area contributed by atoms with Gasteiger partial charge in [0.15, 0.2) is 0 Å². The number of aromatic nitrogens is 1. The maximum Gasteiger partial charge on any atom is 0.124 e. The van der Waals surface area contributed by atoms with Gasteiger partial charge in [-0.15, -0.1) is 11.3 Å². The summed E-state index contributed by atoms with van der Waals surface area (Å²) in [6.45, 7) is 9.55. The molecule has 0 saturated heterocycles. The highest BCUT2D eigenvalue weighted by molar-refractivity contribution is 7.13. The second kappa shape index (κ2) is 5.61. The van der Waals surface area contributed by atoms with Crippen molar-refractivity contribution in [3.8, 4) is 10.6 Å². The smallest absolute Gasteiger partial charge is 0.124 e. The average molecular weight is 253 g/mol. The molecule has 2 rings (SSSR count). The van der Waals surface area contributed by atoms with Crippen LogP contribution >= 0.6 is 11.3 Å². The molecular formula is C16H15NS. The highest BCUT2D eigenvalue weighted by Gasteiger charge is 2.02. The van der Waals surface area contributed by atoms with Gasteiger partial charge in [-0.25, -0.2) is 4.98 Å². The van der Waals surface area contributed by atoms with Crippen LogP contribution < -0.4 is 9.88 Å². The van der Waals surface area contributed by atoms with Crippen LogP contribution in [0.2, 0.25) is 0 Å². The summed E-state index contributed by atoms with van der Waals surface area (Å²) in [4.78, 5) is 4.64. The summed E-state index contributed by atoms with van der Waals surface area (Å²) in [6, 6.07) is 8.37. The van der Waals surface area contributed by atoms with Crippen LogP contribution in [-0.4, -0.2) is 4.98 Å². The molecule has 0 fully saturated rings. The van der Waals surface area contributed by atoms with E-state index in [9.17, 15) is 0 Å². The monoisotopic (exact) mass is 253 g/mol. The number of thiazole rings is 1. The highest BCUT2D eigenvalue weighted by Crippen LogP contribution is 2.19. The molecule has 90 valence electrons. The van der Waals surface area contributed by atoms with Crippen LogP contribution in [0.25, 0.3) is 22.7 Å². The number of aryl methyl sites for hydroxylation is 1. The van der Waals surface area contributed by atoms with Crippen molar-refractivity contribution < 1.29 is 0 Å². The normalized spacial score (nSPS) is 12.7. The number of rotatable bonds is 3. The number of benzene rings is 1. The van der Waals surface area contributed by atoms with Crippen molar-refractivity contribution in [2.45, 2.75) is 6.92 Å². The summed E-state index contributed by atoms with van der Waals surface area (Å²) in [5.41, 5.74) is 2.40. The number of hydrogen-bond acceptors (Lipinski definition) is 2. The third-order valence-corrected chi connectivity index (χ3v) is 3.58. The average Bonchev–Trinajstić information content (AvgIpc) is 2.74. The summed E-state index contributed by atoms with van der Waals surface area (Å²) < 4.78 is 1.11. The van der Waals surface area contributed by atoms with Crippen LogP contribution in [0.3, 0.4) is 0 Å². The van der Waals surface area contributed by atoms with Gasteiger partial charge in [-0.3, -0.25) is 0 Å². The van der Waals surface area contributed by atoms with Gasteiger partial charge in [0.2, 0.25) is 0 Å². The lowest BCUT2D eigenvalue weighted by Gasteiger charge is -1.96. The lowest BCUT2D eigenvalue weighted by molar-refractivity contribution is 1.31. The molecule has 0 aliphatic rings. The molecule has 1 aromatic heterocycles. The van der Waals surface area contributed by atoms with E-state index >= 15 is 0 Å². The Morgan fingerprint density at radius 3 is 2.61 bits per heavy atom. The highest BCUT2D eigenvalue weighted by atomic mass is 32.1. The summed E-state index contributed by atoms with van der Waals surface area (Å²) >= 11 is 1.67. The molecule has 0 spiro atoms. The van der Waals surface area contributed by atoms with Crippen LogP contribution in [-0.2, 0) is 0 Å². The van der Waals surface area contributed by atoms with E-state index in [2.05, 4.69) is 49.3 Å². The van der Waals surface area contributed by atoms with Crippen molar-refractivity contribution in [2.24, 2.45) is 0 Å². The predicted octanol–water partition coefficient (Wildman–Crippen LogP) is 3.05. The van der Waals surface area contributed by atoms with E-state index in [1.165, 1.54) is 5.56 Å². The fourth-order valence-electron chi connectivity index (χ4n) is 1.70. The minimum Gasteiger partial charge on any atom is -0.236 e. The lowest BCUT2D eigenvalue weighted by Crippen LogP contribution is -2.19. The minimum atomic E-state index is 0.950. The Balaban J connectivity index is 2.64. The molecule has 1 heterocycles. The van der Waals surface area contributed by atoms with Crippen LogP contribution in [0.5, 0.6) is 0 Å². The second-order valence-electron chi connectivity index (χ2n) is 3.94. The Kier molecular flexibility index (Phi) is 3.90. The quantitative estimate of drug-likeness (QED) is 0.819. The molecule has 0 radical (unpaired) electrons. The zero-order chi connectivity index (χ0) is 13.0. The first-order chi connectivity index (χ1) is 8.74. The van der Waals surface area contributed by atoms with E-state index in [1.807, 2.05) is 12.2 Å². The van der Waals surface area contributed by atoms with E-state index in [-0.39, 0.29) is 0 Å². The number of nitrogens with zero attached hydrogens (tertiary/aromatic N) is 1. The summed E-state index contributed by atoms with van der Waals surface area (Å²) in [5.74, 6) is 0. The first kappa shape index (κ1) is 12.5. The Bertz CT molecular complexity index is 655. The van der Waals surface area contributed by atoms with Gasteiger partial charge < -0.3 is 0 Å². The van der Waals surface area contributed by atoms with Crippen molar-refractivity contribution in [1.29, 1.82) is 0 Å². The standard InChI is InChI=1S/C16H15NS/c1-4-7-14-15(8-5-2)18-16(17-14)13-10-6-9-12(3)11-13/h4-11H,1-2H2,3H3/b14-7+,15-8+. The van der Waals surface area contributed by atoms with Gasteiger partial charge in [0, 0.05) is 5.56 Å². The van der Waals surface area contributed by atoms with Crippen molar-refractivity contribution in [3.63, 3.8) is 0 Å². The SMILES string of the molecule is C=C/C=c1/nc(-c2cccc(C)c2)s/c1=C/C=C. The van der Waals surface area contributed by atoms with Crippen molar-refractivity contribution in [3.05, 3.63) is 65.0 Å². The molecule has 1 aromatic carbocycles. The van der Waals surface area contributed by atoms with Crippen molar-refractivity contribution in [2.75, 3.05) is 0 Å². The molecule has 2 heteroatoms. The minimum absolute atomic E-state index is 0.950. The van der Waals surface area contributed by atoms with Crippen LogP contribution in [0.4, 0.5) is 0 Å². The van der Waals surface area contributed by atoms with Gasteiger partial charge >= 0.3 is 0 Å². The molecular weight excluding hydrogens is 238 g/mol. The summed E-state index contributed by atoms with van der Waals surface area (Å²) in [7, 11) is 0. The van der Waals surface area contributed by atoms with E-state index in [0.717, 1.165) is 20.5 Å². The Morgan fingerprint density at radius 1 is 1.17 bits per heavy atom. The summed E-state index contributed by atoms with van der Waals surface area (Å²) in [6.07, 6.45) is 7.45. The van der Waals surface area contributed by atoms with E-state index in [1.54, 1.807) is 23.5 Å². The first-order valence-electron chi connectivity index (χ1n) is 5.74. The third-order valence-electron chi connectivity index (χ3n) is 2.49. The van der Waals surface area contributed by atoms with E-state index in [0.29, 0.717) is 0 Å². The number of hydrogen-bond donors (Lipinski definition) is 0. The van der Waals surface area contributed by atoms with Gasteiger partial charge in [-0.1, -0.05) is 49.1 Å². The molecule has 0 aliphatic carbocycles.